The molecule has 3 N–H and O–H groups in total. The summed E-state index contributed by atoms with van der Waals surface area (Å²) < 4.78 is 1.91. The number of hydrogen-bond acceptors (Lipinski definition) is 3. The molecule has 1 aromatic rings. The highest BCUT2D eigenvalue weighted by atomic mass is 16.2. The van der Waals surface area contributed by atoms with Gasteiger partial charge in [0.1, 0.15) is 5.69 Å². The van der Waals surface area contributed by atoms with Crippen LogP contribution in [0.2, 0.25) is 0 Å². The Balaban J connectivity index is 1.71. The van der Waals surface area contributed by atoms with Crippen LogP contribution in [-0.4, -0.2) is 41.1 Å². The fourth-order valence-corrected chi connectivity index (χ4v) is 3.36. The minimum atomic E-state index is 0.0114. The van der Waals surface area contributed by atoms with Crippen molar-refractivity contribution in [1.29, 1.82) is 0 Å². The fraction of sp³-hybridized carbons (Fsp3) is 0.643. The van der Waals surface area contributed by atoms with Crippen molar-refractivity contribution in [2.75, 3.05) is 25.4 Å². The molecule has 4 heterocycles. The monoisotopic (exact) mass is 262 g/mol. The Morgan fingerprint density at radius 3 is 2.79 bits per heavy atom. The van der Waals surface area contributed by atoms with E-state index >= 15 is 0 Å². The van der Waals surface area contributed by atoms with Crippen LogP contribution in [0.4, 0.5) is 5.69 Å². The Hall–Kier alpha value is -1.49. The van der Waals surface area contributed by atoms with Gasteiger partial charge in [0, 0.05) is 25.3 Å². The van der Waals surface area contributed by atoms with Crippen molar-refractivity contribution in [3.8, 4) is 0 Å². The van der Waals surface area contributed by atoms with Crippen LogP contribution < -0.4 is 11.1 Å². The molecule has 3 fully saturated rings. The predicted octanol–water partition coefficient (Wildman–Crippen LogP) is 0.914. The van der Waals surface area contributed by atoms with Crippen molar-refractivity contribution in [3.63, 3.8) is 0 Å². The van der Waals surface area contributed by atoms with E-state index < -0.39 is 0 Å². The van der Waals surface area contributed by atoms with Gasteiger partial charge in [-0.25, -0.2) is 0 Å². The molecule has 0 aromatic carbocycles. The second-order valence-corrected chi connectivity index (χ2v) is 5.66. The number of nitrogens with two attached hydrogens (primary N) is 1. The summed E-state index contributed by atoms with van der Waals surface area (Å²) in [6, 6.07) is 2.07. The van der Waals surface area contributed by atoms with Crippen LogP contribution in [0.15, 0.2) is 12.3 Å². The number of rotatable bonds is 3. The molecule has 19 heavy (non-hydrogen) atoms. The maximum atomic E-state index is 12.4. The molecular formula is C14H22N4O. The van der Waals surface area contributed by atoms with Crippen LogP contribution >= 0.6 is 0 Å². The molecule has 3 aliphatic heterocycles. The zero-order valence-corrected chi connectivity index (χ0v) is 11.4. The number of piperidine rings is 3. The van der Waals surface area contributed by atoms with E-state index in [2.05, 4.69) is 10.2 Å². The first-order chi connectivity index (χ1) is 9.17. The van der Waals surface area contributed by atoms with E-state index in [9.17, 15) is 4.79 Å². The average Bonchev–Trinajstić information content (AvgIpc) is 2.81. The number of anilines is 1. The number of aromatic nitrogens is 1. The predicted molar refractivity (Wildman–Crippen MR) is 74.9 cm³/mol. The summed E-state index contributed by atoms with van der Waals surface area (Å²) in [6.07, 6.45) is 4.25. The molecule has 2 bridgehead atoms. The molecule has 0 spiro atoms. The van der Waals surface area contributed by atoms with Gasteiger partial charge in [0.25, 0.3) is 5.91 Å². The summed E-state index contributed by atoms with van der Waals surface area (Å²) >= 11 is 0. The number of amides is 1. The van der Waals surface area contributed by atoms with E-state index in [4.69, 9.17) is 5.73 Å². The van der Waals surface area contributed by atoms with Crippen molar-refractivity contribution in [2.45, 2.75) is 32.4 Å². The molecule has 104 valence electrons. The number of carbonyl (C=O) groups is 1. The fourth-order valence-electron chi connectivity index (χ4n) is 3.36. The maximum absolute atomic E-state index is 12.4. The molecule has 1 aromatic heterocycles. The third-order valence-corrected chi connectivity index (χ3v) is 4.46. The highest BCUT2D eigenvalue weighted by Gasteiger charge is 2.35. The minimum absolute atomic E-state index is 0.0114. The average molecular weight is 262 g/mol. The lowest BCUT2D eigenvalue weighted by atomic mass is 9.84. The molecule has 0 saturated carbocycles. The molecule has 3 saturated heterocycles. The van der Waals surface area contributed by atoms with Gasteiger partial charge in [-0.1, -0.05) is 0 Å². The normalized spacial score (nSPS) is 29.4. The van der Waals surface area contributed by atoms with E-state index in [-0.39, 0.29) is 5.91 Å². The van der Waals surface area contributed by atoms with E-state index in [1.54, 1.807) is 6.07 Å². The van der Waals surface area contributed by atoms with Crippen molar-refractivity contribution < 1.29 is 4.79 Å². The maximum Gasteiger partial charge on any atom is 0.268 e. The Kier molecular flexibility index (Phi) is 3.22. The van der Waals surface area contributed by atoms with E-state index in [0.717, 1.165) is 13.1 Å². The van der Waals surface area contributed by atoms with E-state index in [1.807, 2.05) is 17.7 Å². The van der Waals surface area contributed by atoms with Crippen LogP contribution in [0.3, 0.4) is 0 Å². The van der Waals surface area contributed by atoms with Crippen LogP contribution in [0.5, 0.6) is 0 Å². The Bertz CT molecular complexity index is 474. The standard InChI is InChI=1S/C14H22N4O/c1-2-18-8-11(15)7-13(18)14(19)16-12-9-17-5-3-10(12)4-6-17/h7-8,10,12H,2-6,9,15H2,1H3,(H,16,19). The summed E-state index contributed by atoms with van der Waals surface area (Å²) in [5.74, 6) is 0.661. The second kappa shape index (κ2) is 4.89. The number of carbonyl (C=O) groups excluding carboxylic acids is 1. The molecule has 1 unspecified atom stereocenters. The third kappa shape index (κ3) is 2.34. The molecular weight excluding hydrogens is 240 g/mol. The zero-order valence-electron chi connectivity index (χ0n) is 11.4. The lowest BCUT2D eigenvalue weighted by molar-refractivity contribution is 0.0615. The molecule has 3 aliphatic rings. The second-order valence-electron chi connectivity index (χ2n) is 5.66. The first-order valence-electron chi connectivity index (χ1n) is 7.16. The van der Waals surface area contributed by atoms with Crippen molar-refractivity contribution >= 4 is 11.6 Å². The first-order valence-corrected chi connectivity index (χ1v) is 7.16. The van der Waals surface area contributed by atoms with Crippen molar-refractivity contribution in [2.24, 2.45) is 5.92 Å². The molecule has 5 nitrogen and oxygen atoms in total. The van der Waals surface area contributed by atoms with Gasteiger partial charge in [-0.15, -0.1) is 0 Å². The third-order valence-electron chi connectivity index (χ3n) is 4.46. The Labute approximate surface area is 113 Å². The quantitative estimate of drug-likeness (QED) is 0.851. The largest absolute Gasteiger partial charge is 0.397 e. The van der Waals surface area contributed by atoms with Crippen LogP contribution in [0.1, 0.15) is 30.3 Å². The Morgan fingerprint density at radius 2 is 2.21 bits per heavy atom. The number of nitrogens with zero attached hydrogens (tertiary/aromatic N) is 2. The Morgan fingerprint density at radius 1 is 1.47 bits per heavy atom. The van der Waals surface area contributed by atoms with Gasteiger partial charge in [0.15, 0.2) is 0 Å². The van der Waals surface area contributed by atoms with Gasteiger partial charge in [-0.2, -0.15) is 0 Å². The summed E-state index contributed by atoms with van der Waals surface area (Å²) in [5, 5.41) is 3.20. The van der Waals surface area contributed by atoms with E-state index in [1.165, 1.54) is 25.9 Å². The lowest BCUT2D eigenvalue weighted by Gasteiger charge is -2.44. The minimum Gasteiger partial charge on any atom is -0.397 e. The van der Waals surface area contributed by atoms with Crippen LogP contribution in [0.25, 0.3) is 0 Å². The van der Waals surface area contributed by atoms with Gasteiger partial charge in [-0.3, -0.25) is 4.79 Å². The number of aryl methyl sites for hydroxylation is 1. The molecule has 1 atom stereocenters. The highest BCUT2D eigenvalue weighted by molar-refractivity contribution is 5.94. The molecule has 0 aliphatic carbocycles. The SMILES string of the molecule is CCn1cc(N)cc1C(=O)NC1CN2CCC1CC2. The number of nitrogens with one attached hydrogen (secondary N) is 1. The summed E-state index contributed by atoms with van der Waals surface area (Å²) in [4.78, 5) is 14.8. The van der Waals surface area contributed by atoms with Crippen molar-refractivity contribution in [1.82, 2.24) is 14.8 Å². The zero-order chi connectivity index (χ0) is 13.4. The van der Waals surface area contributed by atoms with Gasteiger partial charge >= 0.3 is 0 Å². The number of fused-ring (bicyclic) bond motifs is 3. The molecule has 4 rings (SSSR count). The van der Waals surface area contributed by atoms with Crippen molar-refractivity contribution in [3.05, 3.63) is 18.0 Å². The summed E-state index contributed by atoms with van der Waals surface area (Å²) in [5.41, 5.74) is 7.11. The lowest BCUT2D eigenvalue weighted by Crippen LogP contribution is -2.57. The van der Waals surface area contributed by atoms with Gasteiger partial charge in [0.2, 0.25) is 0 Å². The van der Waals surface area contributed by atoms with Gasteiger partial charge in [0.05, 0.1) is 5.69 Å². The van der Waals surface area contributed by atoms with Gasteiger partial charge < -0.3 is 20.5 Å². The summed E-state index contributed by atoms with van der Waals surface area (Å²) in [7, 11) is 0. The number of hydrogen-bond donors (Lipinski definition) is 2. The van der Waals surface area contributed by atoms with E-state index in [0.29, 0.717) is 23.3 Å². The summed E-state index contributed by atoms with van der Waals surface area (Å²) in [6.45, 7) is 6.16. The number of nitrogen functional groups attached to an aromatic ring is 1. The van der Waals surface area contributed by atoms with Crippen LogP contribution in [0, 0.1) is 5.92 Å². The highest BCUT2D eigenvalue weighted by Crippen LogP contribution is 2.27. The van der Waals surface area contributed by atoms with Crippen LogP contribution in [-0.2, 0) is 6.54 Å². The molecule has 1 amide bonds. The topological polar surface area (TPSA) is 63.3 Å². The first kappa shape index (κ1) is 12.5. The van der Waals surface area contributed by atoms with Gasteiger partial charge in [-0.05, 0) is 44.8 Å². The molecule has 5 heteroatoms. The molecule has 0 radical (unpaired) electrons. The smallest absolute Gasteiger partial charge is 0.268 e.